The monoisotopic (exact) mass is 397 g/mol. The van der Waals surface area contributed by atoms with Crippen molar-refractivity contribution in [1.29, 1.82) is 0 Å². The predicted octanol–water partition coefficient (Wildman–Crippen LogP) is 0.758. The van der Waals surface area contributed by atoms with Crippen LogP contribution in [0.5, 0.6) is 0 Å². The van der Waals surface area contributed by atoms with Crippen LogP contribution < -0.4 is 11.1 Å². The van der Waals surface area contributed by atoms with Gasteiger partial charge in [0.25, 0.3) is 5.91 Å². The summed E-state index contributed by atoms with van der Waals surface area (Å²) in [5, 5.41) is 2.37. The maximum atomic E-state index is 12.6. The molecule has 1 aromatic rings. The zero-order valence-electron chi connectivity index (χ0n) is 15.2. The Morgan fingerprint density at radius 3 is 2.41 bits per heavy atom. The van der Waals surface area contributed by atoms with E-state index in [1.807, 2.05) is 0 Å². The lowest BCUT2D eigenvalue weighted by Gasteiger charge is -2.29. The molecule has 1 heterocycles. The topological polar surface area (TPSA) is 136 Å². The third-order valence-corrected chi connectivity index (χ3v) is 6.04. The zero-order chi connectivity index (χ0) is 20.2. The summed E-state index contributed by atoms with van der Waals surface area (Å²) in [6, 6.07) is 4.72. The molecule has 2 atom stereocenters. The fraction of sp³-hybridized carbons (Fsp3) is 0.471. The lowest BCUT2D eigenvalue weighted by molar-refractivity contribution is -0.141. The molecule has 1 aliphatic heterocycles. The number of likely N-dealkylation sites (N-methyl/N-ethyl adjacent to an activating group) is 1. The van der Waals surface area contributed by atoms with Crippen molar-refractivity contribution < 1.29 is 27.5 Å². The fourth-order valence-electron chi connectivity index (χ4n) is 2.96. The number of anilines is 1. The quantitative estimate of drug-likeness (QED) is 0.680. The minimum atomic E-state index is -3.13. The van der Waals surface area contributed by atoms with Crippen LogP contribution in [0.2, 0.25) is 0 Å². The highest BCUT2D eigenvalue weighted by molar-refractivity contribution is 7.91. The molecule has 0 bridgehead atoms. The van der Waals surface area contributed by atoms with Crippen molar-refractivity contribution in [2.45, 2.75) is 32.4 Å². The van der Waals surface area contributed by atoms with Crippen LogP contribution in [0.25, 0.3) is 0 Å². The van der Waals surface area contributed by atoms with E-state index >= 15 is 0 Å². The molecule has 3 N–H and O–H groups in total. The van der Waals surface area contributed by atoms with Crippen LogP contribution in [0.1, 0.15) is 30.6 Å². The van der Waals surface area contributed by atoms with Crippen molar-refractivity contribution >= 4 is 33.4 Å². The number of carbonyl (C=O) groups excluding carboxylic acids is 3. The molecular formula is C17H23N3O6S. The van der Waals surface area contributed by atoms with Crippen molar-refractivity contribution in [2.75, 3.05) is 23.4 Å². The lowest BCUT2D eigenvalue weighted by Crippen LogP contribution is -2.46. The van der Waals surface area contributed by atoms with Crippen molar-refractivity contribution in [1.82, 2.24) is 4.90 Å². The van der Waals surface area contributed by atoms with E-state index in [4.69, 9.17) is 10.5 Å². The Balaban J connectivity index is 2.00. The highest BCUT2D eigenvalue weighted by atomic mass is 32.2. The second-order valence-electron chi connectivity index (χ2n) is 6.30. The first-order chi connectivity index (χ1) is 12.6. The summed E-state index contributed by atoms with van der Waals surface area (Å²) in [6.07, 6.45) is -0.666. The standard InChI is InChI=1S/C17H23N3O6S/c1-3-20(14-8-9-27(24,25)10-14)15(21)11(2)26-16(22)12-4-6-13(7-5-12)19-17(18)23/h4-7,11,14H,3,8-10H2,1-2H3,(H3,18,19,23)/t11-,14+/m1/s1. The van der Waals surface area contributed by atoms with Gasteiger partial charge in [0.15, 0.2) is 15.9 Å². The Bertz CT molecular complexity index is 822. The third kappa shape index (κ3) is 5.43. The highest BCUT2D eigenvalue weighted by Crippen LogP contribution is 2.19. The number of rotatable bonds is 6. The normalized spacial score (nSPS) is 19.1. The molecule has 10 heteroatoms. The van der Waals surface area contributed by atoms with Gasteiger partial charge in [-0.15, -0.1) is 0 Å². The van der Waals surface area contributed by atoms with Gasteiger partial charge in [-0.1, -0.05) is 0 Å². The predicted molar refractivity (Wildman–Crippen MR) is 99.0 cm³/mol. The number of carbonyl (C=O) groups is 3. The summed E-state index contributed by atoms with van der Waals surface area (Å²) < 4.78 is 28.5. The van der Waals surface area contributed by atoms with Gasteiger partial charge in [-0.3, -0.25) is 4.79 Å². The van der Waals surface area contributed by atoms with Gasteiger partial charge in [-0.05, 0) is 44.5 Å². The molecule has 0 radical (unpaired) electrons. The SMILES string of the molecule is CCN(C(=O)[C@@H](C)OC(=O)c1ccc(NC(N)=O)cc1)[C@H]1CCS(=O)(=O)C1. The van der Waals surface area contributed by atoms with E-state index in [2.05, 4.69) is 5.32 Å². The molecule has 0 aliphatic carbocycles. The first kappa shape index (κ1) is 20.7. The average molecular weight is 397 g/mol. The molecule has 0 aromatic heterocycles. The summed E-state index contributed by atoms with van der Waals surface area (Å²) in [6.45, 7) is 3.53. The lowest BCUT2D eigenvalue weighted by atomic mass is 10.2. The molecule has 1 fully saturated rings. The van der Waals surface area contributed by atoms with Gasteiger partial charge < -0.3 is 20.7 Å². The molecule has 9 nitrogen and oxygen atoms in total. The van der Waals surface area contributed by atoms with E-state index in [1.54, 1.807) is 6.92 Å². The summed E-state index contributed by atoms with van der Waals surface area (Å²) >= 11 is 0. The summed E-state index contributed by atoms with van der Waals surface area (Å²) in [4.78, 5) is 37.1. The van der Waals surface area contributed by atoms with Crippen LogP contribution in [0.4, 0.5) is 10.5 Å². The first-order valence-corrected chi connectivity index (χ1v) is 10.3. The number of nitrogens with one attached hydrogen (secondary N) is 1. The van der Waals surface area contributed by atoms with Crippen LogP contribution in [0.3, 0.4) is 0 Å². The van der Waals surface area contributed by atoms with Gasteiger partial charge in [-0.25, -0.2) is 18.0 Å². The number of hydrogen-bond acceptors (Lipinski definition) is 6. The Morgan fingerprint density at radius 2 is 1.93 bits per heavy atom. The van der Waals surface area contributed by atoms with Crippen molar-refractivity contribution in [3.05, 3.63) is 29.8 Å². The van der Waals surface area contributed by atoms with Gasteiger partial charge in [0.05, 0.1) is 17.1 Å². The smallest absolute Gasteiger partial charge is 0.338 e. The molecule has 1 aliphatic rings. The van der Waals surface area contributed by atoms with Gasteiger partial charge >= 0.3 is 12.0 Å². The Kier molecular flexibility index (Phi) is 6.42. The van der Waals surface area contributed by atoms with Crippen LogP contribution in [0.15, 0.2) is 24.3 Å². The minimum absolute atomic E-state index is 0.0568. The number of benzene rings is 1. The second kappa shape index (κ2) is 8.38. The van der Waals surface area contributed by atoms with Crippen molar-refractivity contribution in [3.63, 3.8) is 0 Å². The zero-order valence-corrected chi connectivity index (χ0v) is 16.0. The number of sulfone groups is 1. The largest absolute Gasteiger partial charge is 0.449 e. The van der Waals surface area contributed by atoms with E-state index in [0.29, 0.717) is 18.7 Å². The Morgan fingerprint density at radius 1 is 1.30 bits per heavy atom. The molecule has 3 amide bonds. The van der Waals surface area contributed by atoms with E-state index in [1.165, 1.54) is 36.1 Å². The van der Waals surface area contributed by atoms with Crippen molar-refractivity contribution in [2.24, 2.45) is 5.73 Å². The maximum Gasteiger partial charge on any atom is 0.338 e. The molecule has 27 heavy (non-hydrogen) atoms. The first-order valence-electron chi connectivity index (χ1n) is 8.51. The van der Waals surface area contributed by atoms with E-state index in [9.17, 15) is 22.8 Å². The second-order valence-corrected chi connectivity index (χ2v) is 8.52. The molecule has 0 spiro atoms. The number of primary amides is 1. The van der Waals surface area contributed by atoms with Crippen LogP contribution in [0, 0.1) is 0 Å². The number of urea groups is 1. The summed E-state index contributed by atoms with van der Waals surface area (Å²) in [7, 11) is -3.13. The Hall–Kier alpha value is -2.62. The van der Waals surface area contributed by atoms with Crippen molar-refractivity contribution in [3.8, 4) is 0 Å². The van der Waals surface area contributed by atoms with Gasteiger partial charge in [0.1, 0.15) is 0 Å². The number of nitrogens with zero attached hydrogens (tertiary/aromatic N) is 1. The van der Waals surface area contributed by atoms with E-state index < -0.39 is 39.9 Å². The highest BCUT2D eigenvalue weighted by Gasteiger charge is 2.36. The average Bonchev–Trinajstić information content (AvgIpc) is 2.95. The van der Waals surface area contributed by atoms with E-state index in [-0.39, 0.29) is 17.1 Å². The Labute approximate surface area is 157 Å². The van der Waals surface area contributed by atoms with Gasteiger partial charge in [0.2, 0.25) is 0 Å². The number of amides is 3. The maximum absolute atomic E-state index is 12.6. The third-order valence-electron chi connectivity index (χ3n) is 4.29. The van der Waals surface area contributed by atoms with Crippen LogP contribution >= 0.6 is 0 Å². The minimum Gasteiger partial charge on any atom is -0.449 e. The summed E-state index contributed by atoms with van der Waals surface area (Å²) in [5.74, 6) is -1.14. The molecular weight excluding hydrogens is 374 g/mol. The van der Waals surface area contributed by atoms with Crippen LogP contribution in [-0.4, -0.2) is 61.4 Å². The van der Waals surface area contributed by atoms with E-state index in [0.717, 1.165) is 0 Å². The van der Waals surface area contributed by atoms with Crippen LogP contribution in [-0.2, 0) is 19.4 Å². The molecule has 0 unspecified atom stereocenters. The van der Waals surface area contributed by atoms with Gasteiger partial charge in [0, 0.05) is 18.3 Å². The molecule has 2 rings (SSSR count). The number of hydrogen-bond donors (Lipinski definition) is 2. The fourth-order valence-corrected chi connectivity index (χ4v) is 4.69. The molecule has 1 saturated heterocycles. The molecule has 1 aromatic carbocycles. The number of nitrogens with two attached hydrogens (primary N) is 1. The number of esters is 1. The summed E-state index contributed by atoms with van der Waals surface area (Å²) in [5.41, 5.74) is 5.63. The van der Waals surface area contributed by atoms with Gasteiger partial charge in [-0.2, -0.15) is 0 Å². The molecule has 0 saturated carbocycles. The molecule has 148 valence electrons. The number of ether oxygens (including phenoxy) is 1.